The van der Waals surface area contributed by atoms with Crippen LogP contribution in [0, 0.1) is 0 Å². The Morgan fingerprint density at radius 2 is 2.08 bits per heavy atom. The molecule has 1 aliphatic rings. The van der Waals surface area contributed by atoms with E-state index in [4.69, 9.17) is 9.73 Å². The van der Waals surface area contributed by atoms with Gasteiger partial charge in [0.15, 0.2) is 5.96 Å². The van der Waals surface area contributed by atoms with Gasteiger partial charge >= 0.3 is 0 Å². The number of rotatable bonds is 7. The first-order valence-electron chi connectivity index (χ1n) is 8.77. The van der Waals surface area contributed by atoms with E-state index in [2.05, 4.69) is 24.1 Å². The summed E-state index contributed by atoms with van der Waals surface area (Å²) in [4.78, 5) is 4.69. The molecule has 0 amide bonds. The van der Waals surface area contributed by atoms with E-state index in [1.165, 1.54) is 0 Å². The van der Waals surface area contributed by atoms with E-state index in [-0.39, 0.29) is 6.10 Å². The summed E-state index contributed by atoms with van der Waals surface area (Å²) < 4.78 is 5.68. The number of nitrogens with one attached hydrogen (secondary N) is 2. The number of aliphatic hydroxyl groups is 1. The predicted octanol–water partition coefficient (Wildman–Crippen LogP) is 2.61. The zero-order chi connectivity index (χ0) is 17.2. The highest BCUT2D eigenvalue weighted by molar-refractivity contribution is 5.80. The number of benzene rings is 1. The third kappa shape index (κ3) is 5.89. The van der Waals surface area contributed by atoms with Gasteiger partial charge in [0.2, 0.25) is 0 Å². The molecular weight excluding hydrogens is 302 g/mol. The van der Waals surface area contributed by atoms with Crippen LogP contribution in [-0.4, -0.2) is 36.4 Å². The van der Waals surface area contributed by atoms with Crippen LogP contribution in [0.15, 0.2) is 41.9 Å². The van der Waals surface area contributed by atoms with Crippen molar-refractivity contribution in [3.8, 4) is 5.75 Å². The summed E-state index contributed by atoms with van der Waals surface area (Å²) in [5.74, 6) is 1.66. The van der Waals surface area contributed by atoms with Gasteiger partial charge in [-0.05, 0) is 38.7 Å². The number of ether oxygens (including phenoxy) is 1. The Bertz CT molecular complexity index is 537. The zero-order valence-electron chi connectivity index (χ0n) is 14.5. The highest BCUT2D eigenvalue weighted by Gasteiger charge is 2.19. The van der Waals surface area contributed by atoms with Gasteiger partial charge in [-0.2, -0.15) is 0 Å². The number of aliphatic hydroxyl groups excluding tert-OH is 1. The van der Waals surface area contributed by atoms with Crippen LogP contribution in [0.2, 0.25) is 0 Å². The van der Waals surface area contributed by atoms with Crippen LogP contribution < -0.4 is 15.4 Å². The second kappa shape index (κ2) is 9.98. The Labute approximate surface area is 144 Å². The first-order chi connectivity index (χ1) is 11.7. The molecule has 1 aliphatic carbocycles. The van der Waals surface area contributed by atoms with Crippen molar-refractivity contribution in [2.24, 2.45) is 4.99 Å². The van der Waals surface area contributed by atoms with E-state index >= 15 is 0 Å². The summed E-state index contributed by atoms with van der Waals surface area (Å²) in [6, 6.07) is 8.31. The van der Waals surface area contributed by atoms with Crippen LogP contribution in [0.4, 0.5) is 0 Å². The minimum atomic E-state index is -0.142. The van der Waals surface area contributed by atoms with E-state index in [0.717, 1.165) is 49.5 Å². The standard InChI is InChI=1S/C19H29N3O2/c1-3-13-24-18-8-6-5-7-15(18)14-21-19(20-4-2)22-16-9-11-17(23)12-10-16/h3,5-8,16-17,23H,1,4,9-14H2,2H3,(H2,20,21,22). The topological polar surface area (TPSA) is 65.9 Å². The lowest BCUT2D eigenvalue weighted by atomic mass is 9.93. The Morgan fingerprint density at radius 1 is 1.33 bits per heavy atom. The fourth-order valence-corrected chi connectivity index (χ4v) is 2.82. The molecule has 1 saturated carbocycles. The highest BCUT2D eigenvalue weighted by Crippen LogP contribution is 2.20. The maximum atomic E-state index is 9.62. The van der Waals surface area contributed by atoms with Crippen molar-refractivity contribution in [3.05, 3.63) is 42.5 Å². The Morgan fingerprint density at radius 3 is 2.79 bits per heavy atom. The summed E-state index contributed by atoms with van der Waals surface area (Å²) in [7, 11) is 0. The molecule has 2 rings (SSSR count). The first-order valence-corrected chi connectivity index (χ1v) is 8.77. The summed E-state index contributed by atoms with van der Waals surface area (Å²) in [6.07, 6.45) is 5.26. The molecule has 1 aromatic rings. The smallest absolute Gasteiger partial charge is 0.191 e. The molecule has 5 heteroatoms. The number of hydrogen-bond acceptors (Lipinski definition) is 3. The van der Waals surface area contributed by atoms with Crippen LogP contribution in [0.5, 0.6) is 5.75 Å². The number of hydrogen-bond donors (Lipinski definition) is 3. The zero-order valence-corrected chi connectivity index (χ0v) is 14.5. The van der Waals surface area contributed by atoms with E-state index in [1.807, 2.05) is 24.3 Å². The van der Waals surface area contributed by atoms with Crippen LogP contribution in [0.1, 0.15) is 38.2 Å². The quantitative estimate of drug-likeness (QED) is 0.408. The average molecular weight is 331 g/mol. The minimum Gasteiger partial charge on any atom is -0.489 e. The molecule has 0 heterocycles. The van der Waals surface area contributed by atoms with Crippen LogP contribution in [0.25, 0.3) is 0 Å². The van der Waals surface area contributed by atoms with Crippen LogP contribution in [0.3, 0.4) is 0 Å². The number of guanidine groups is 1. The van der Waals surface area contributed by atoms with Crippen molar-refractivity contribution in [1.29, 1.82) is 0 Å². The molecule has 132 valence electrons. The molecule has 0 saturated heterocycles. The fourth-order valence-electron chi connectivity index (χ4n) is 2.82. The molecule has 1 aromatic carbocycles. The summed E-state index contributed by atoms with van der Waals surface area (Å²) >= 11 is 0. The van der Waals surface area contributed by atoms with E-state index in [9.17, 15) is 5.11 Å². The molecule has 1 fully saturated rings. The predicted molar refractivity (Wildman–Crippen MR) is 98.3 cm³/mol. The molecule has 5 nitrogen and oxygen atoms in total. The van der Waals surface area contributed by atoms with Crippen molar-refractivity contribution in [1.82, 2.24) is 10.6 Å². The molecule has 0 bridgehead atoms. The maximum Gasteiger partial charge on any atom is 0.191 e. The molecule has 0 spiro atoms. The second-order valence-corrected chi connectivity index (χ2v) is 6.05. The lowest BCUT2D eigenvalue weighted by molar-refractivity contribution is 0.120. The maximum absolute atomic E-state index is 9.62. The Balaban J connectivity index is 1.98. The SMILES string of the molecule is C=CCOc1ccccc1CN=C(NCC)NC1CCC(O)CC1. The summed E-state index contributed by atoms with van der Waals surface area (Å²) in [6.45, 7) is 7.60. The lowest BCUT2D eigenvalue weighted by Crippen LogP contribution is -2.45. The molecule has 0 aliphatic heterocycles. The molecule has 0 atom stereocenters. The normalized spacial score (nSPS) is 21.2. The van der Waals surface area contributed by atoms with E-state index < -0.39 is 0 Å². The second-order valence-electron chi connectivity index (χ2n) is 6.05. The van der Waals surface area contributed by atoms with Crippen LogP contribution >= 0.6 is 0 Å². The molecule has 3 N–H and O–H groups in total. The van der Waals surface area contributed by atoms with E-state index in [1.54, 1.807) is 6.08 Å². The summed E-state index contributed by atoms with van der Waals surface area (Å²) in [5.41, 5.74) is 1.05. The molecule has 0 aromatic heterocycles. The van der Waals surface area contributed by atoms with Crippen molar-refractivity contribution in [2.75, 3.05) is 13.2 Å². The lowest BCUT2D eigenvalue weighted by Gasteiger charge is -2.27. The Hall–Kier alpha value is -2.01. The highest BCUT2D eigenvalue weighted by atomic mass is 16.5. The largest absolute Gasteiger partial charge is 0.489 e. The van der Waals surface area contributed by atoms with Crippen LogP contribution in [-0.2, 0) is 6.54 Å². The van der Waals surface area contributed by atoms with Gasteiger partial charge in [0.25, 0.3) is 0 Å². The fraction of sp³-hybridized carbons (Fsp3) is 0.526. The Kier molecular flexibility index (Phi) is 7.62. The number of nitrogens with zero attached hydrogens (tertiary/aromatic N) is 1. The summed E-state index contributed by atoms with van der Waals surface area (Å²) in [5, 5.41) is 16.4. The van der Waals surface area contributed by atoms with Crippen molar-refractivity contribution in [3.63, 3.8) is 0 Å². The monoisotopic (exact) mass is 331 g/mol. The average Bonchev–Trinajstić information content (AvgIpc) is 2.60. The van der Waals surface area contributed by atoms with Gasteiger partial charge in [0.05, 0.1) is 12.6 Å². The molecule has 24 heavy (non-hydrogen) atoms. The first kappa shape index (κ1) is 18.3. The van der Waals surface area contributed by atoms with Gasteiger partial charge in [-0.1, -0.05) is 30.9 Å². The molecule has 0 radical (unpaired) electrons. The van der Waals surface area contributed by atoms with Gasteiger partial charge in [-0.3, -0.25) is 0 Å². The van der Waals surface area contributed by atoms with E-state index in [0.29, 0.717) is 19.2 Å². The van der Waals surface area contributed by atoms with Crippen molar-refractivity contribution in [2.45, 2.75) is 51.3 Å². The number of para-hydroxylation sites is 1. The van der Waals surface area contributed by atoms with Gasteiger partial charge in [0.1, 0.15) is 12.4 Å². The van der Waals surface area contributed by atoms with Gasteiger partial charge in [-0.15, -0.1) is 0 Å². The third-order valence-electron chi connectivity index (χ3n) is 4.12. The molecule has 0 unspecified atom stereocenters. The van der Waals surface area contributed by atoms with Gasteiger partial charge in [0, 0.05) is 18.2 Å². The third-order valence-corrected chi connectivity index (χ3v) is 4.12. The minimum absolute atomic E-state index is 0.142. The molecular formula is C19H29N3O2. The number of aliphatic imine (C=N–C) groups is 1. The van der Waals surface area contributed by atoms with Crippen molar-refractivity contribution >= 4 is 5.96 Å². The van der Waals surface area contributed by atoms with Gasteiger partial charge < -0.3 is 20.5 Å². The van der Waals surface area contributed by atoms with Gasteiger partial charge in [-0.25, -0.2) is 4.99 Å². The van der Waals surface area contributed by atoms with Crippen molar-refractivity contribution < 1.29 is 9.84 Å².